The van der Waals surface area contributed by atoms with Gasteiger partial charge in [-0.1, -0.05) is 44.5 Å². The summed E-state index contributed by atoms with van der Waals surface area (Å²) in [6.07, 6.45) is 3.90. The lowest BCUT2D eigenvalue weighted by Crippen LogP contribution is -2.30. The molecule has 0 aliphatic heterocycles. The molecule has 1 unspecified atom stereocenters. The van der Waals surface area contributed by atoms with E-state index in [1.165, 1.54) is 24.8 Å². The maximum atomic E-state index is 10.6. The van der Waals surface area contributed by atoms with Crippen molar-refractivity contribution >= 4 is 0 Å². The van der Waals surface area contributed by atoms with Crippen molar-refractivity contribution in [1.82, 2.24) is 0 Å². The largest absolute Gasteiger partial charge is 0.385 e. The molecular weight excluding hydrogens is 196 g/mol. The summed E-state index contributed by atoms with van der Waals surface area (Å²) in [5, 5.41) is 10.6. The van der Waals surface area contributed by atoms with Crippen LogP contribution in [0, 0.1) is 5.92 Å². The molecule has 1 N–H and O–H groups in total. The normalized spacial score (nSPS) is 20.6. The zero-order chi connectivity index (χ0) is 11.8. The zero-order valence-corrected chi connectivity index (χ0v) is 10.5. The molecule has 1 atom stereocenters. The van der Waals surface area contributed by atoms with Gasteiger partial charge in [-0.15, -0.1) is 0 Å². The summed E-state index contributed by atoms with van der Waals surface area (Å²) < 4.78 is 0. The Morgan fingerprint density at radius 3 is 2.38 bits per heavy atom. The topological polar surface area (TPSA) is 20.2 Å². The third-order valence-corrected chi connectivity index (χ3v) is 4.18. The second-order valence-electron chi connectivity index (χ2n) is 5.52. The Morgan fingerprint density at radius 1 is 1.25 bits per heavy atom. The fourth-order valence-corrected chi connectivity index (χ4v) is 2.34. The predicted molar refractivity (Wildman–Crippen MR) is 67.4 cm³/mol. The molecule has 1 saturated carbocycles. The van der Waals surface area contributed by atoms with Crippen LogP contribution in [-0.4, -0.2) is 5.11 Å². The molecule has 1 aromatic carbocycles. The highest BCUT2D eigenvalue weighted by atomic mass is 16.3. The molecule has 0 bridgehead atoms. The fourth-order valence-electron chi connectivity index (χ4n) is 2.34. The molecule has 0 radical (unpaired) electrons. The van der Waals surface area contributed by atoms with E-state index in [0.717, 1.165) is 5.56 Å². The second kappa shape index (κ2) is 4.21. The number of benzene rings is 1. The summed E-state index contributed by atoms with van der Waals surface area (Å²) >= 11 is 0. The molecule has 0 aromatic heterocycles. The summed E-state index contributed by atoms with van der Waals surface area (Å²) in [5.74, 6) is 0.926. The van der Waals surface area contributed by atoms with Crippen molar-refractivity contribution in [2.45, 2.75) is 51.6 Å². The van der Waals surface area contributed by atoms with Gasteiger partial charge in [0, 0.05) is 0 Å². The third kappa shape index (κ3) is 1.89. The van der Waals surface area contributed by atoms with Gasteiger partial charge in [0.25, 0.3) is 0 Å². The van der Waals surface area contributed by atoms with Crippen LogP contribution in [0.3, 0.4) is 0 Å². The number of aliphatic hydroxyl groups is 1. The molecule has 1 aliphatic carbocycles. The molecule has 16 heavy (non-hydrogen) atoms. The highest BCUT2D eigenvalue weighted by Gasteiger charge is 2.32. The van der Waals surface area contributed by atoms with Crippen molar-refractivity contribution < 1.29 is 5.11 Å². The SMILES string of the molecule is CC(C)C(C)(O)c1ccccc1C1CCC1. The van der Waals surface area contributed by atoms with Crippen molar-refractivity contribution in [3.63, 3.8) is 0 Å². The lowest BCUT2D eigenvalue weighted by Gasteiger charge is -2.35. The smallest absolute Gasteiger partial charge is 0.0894 e. The maximum Gasteiger partial charge on any atom is 0.0894 e. The van der Waals surface area contributed by atoms with E-state index < -0.39 is 5.60 Å². The molecule has 2 rings (SSSR count). The van der Waals surface area contributed by atoms with E-state index in [4.69, 9.17) is 0 Å². The zero-order valence-electron chi connectivity index (χ0n) is 10.5. The molecule has 88 valence electrons. The number of hydrogen-bond acceptors (Lipinski definition) is 1. The Labute approximate surface area is 98.5 Å². The molecule has 1 heteroatoms. The van der Waals surface area contributed by atoms with Crippen LogP contribution >= 0.6 is 0 Å². The lowest BCUT2D eigenvalue weighted by molar-refractivity contribution is 0.00754. The maximum absolute atomic E-state index is 10.6. The summed E-state index contributed by atoms with van der Waals surface area (Å²) in [4.78, 5) is 0. The van der Waals surface area contributed by atoms with Crippen molar-refractivity contribution in [2.75, 3.05) is 0 Å². The summed E-state index contributed by atoms with van der Waals surface area (Å²) in [7, 11) is 0. The van der Waals surface area contributed by atoms with Crippen molar-refractivity contribution in [2.24, 2.45) is 5.92 Å². The van der Waals surface area contributed by atoms with Gasteiger partial charge >= 0.3 is 0 Å². The first-order valence-electron chi connectivity index (χ1n) is 6.35. The number of rotatable bonds is 3. The van der Waals surface area contributed by atoms with Crippen molar-refractivity contribution in [1.29, 1.82) is 0 Å². The molecular formula is C15H22O. The summed E-state index contributed by atoms with van der Waals surface area (Å²) in [6, 6.07) is 8.41. The van der Waals surface area contributed by atoms with E-state index >= 15 is 0 Å². The Kier molecular flexibility index (Phi) is 3.07. The molecule has 0 saturated heterocycles. The highest BCUT2D eigenvalue weighted by molar-refractivity contribution is 5.36. The van der Waals surface area contributed by atoms with Crippen LogP contribution in [0.25, 0.3) is 0 Å². The first-order chi connectivity index (χ1) is 7.53. The van der Waals surface area contributed by atoms with Crippen LogP contribution in [-0.2, 0) is 5.60 Å². The van der Waals surface area contributed by atoms with Gasteiger partial charge < -0.3 is 5.11 Å². The first-order valence-corrected chi connectivity index (χ1v) is 6.35. The van der Waals surface area contributed by atoms with Gasteiger partial charge in [-0.05, 0) is 42.7 Å². The van der Waals surface area contributed by atoms with Gasteiger partial charge in [-0.25, -0.2) is 0 Å². The van der Waals surface area contributed by atoms with E-state index in [2.05, 4.69) is 32.0 Å². The molecule has 1 fully saturated rings. The highest BCUT2D eigenvalue weighted by Crippen LogP contribution is 2.42. The van der Waals surface area contributed by atoms with Crippen molar-refractivity contribution in [3.8, 4) is 0 Å². The van der Waals surface area contributed by atoms with Crippen molar-refractivity contribution in [3.05, 3.63) is 35.4 Å². The Morgan fingerprint density at radius 2 is 1.88 bits per heavy atom. The fraction of sp³-hybridized carbons (Fsp3) is 0.600. The van der Waals surface area contributed by atoms with E-state index in [9.17, 15) is 5.11 Å². The Balaban J connectivity index is 2.39. The van der Waals surface area contributed by atoms with Gasteiger partial charge in [0.15, 0.2) is 0 Å². The van der Waals surface area contributed by atoms with Crippen LogP contribution in [0.5, 0.6) is 0 Å². The molecule has 1 nitrogen and oxygen atoms in total. The molecule has 0 heterocycles. The number of hydrogen-bond donors (Lipinski definition) is 1. The minimum atomic E-state index is -0.702. The predicted octanol–water partition coefficient (Wildman–Crippen LogP) is 3.82. The Hall–Kier alpha value is -0.820. The second-order valence-corrected chi connectivity index (χ2v) is 5.52. The van der Waals surface area contributed by atoms with E-state index in [0.29, 0.717) is 5.92 Å². The third-order valence-electron chi connectivity index (χ3n) is 4.18. The van der Waals surface area contributed by atoms with Gasteiger partial charge in [0.2, 0.25) is 0 Å². The first kappa shape index (κ1) is 11.7. The summed E-state index contributed by atoms with van der Waals surface area (Å²) in [5.41, 5.74) is 1.80. The minimum absolute atomic E-state index is 0.244. The standard InChI is InChI=1S/C15H22O/c1-11(2)15(3,16)14-10-5-4-9-13(14)12-7-6-8-12/h4-5,9-12,16H,6-8H2,1-3H3. The van der Waals surface area contributed by atoms with Crippen LogP contribution in [0.2, 0.25) is 0 Å². The molecule has 1 aromatic rings. The monoisotopic (exact) mass is 218 g/mol. The average molecular weight is 218 g/mol. The van der Waals surface area contributed by atoms with Crippen LogP contribution in [0.15, 0.2) is 24.3 Å². The minimum Gasteiger partial charge on any atom is -0.385 e. The molecule has 1 aliphatic rings. The van der Waals surface area contributed by atoms with Crippen LogP contribution in [0.1, 0.15) is 57.1 Å². The van der Waals surface area contributed by atoms with Gasteiger partial charge in [0.1, 0.15) is 0 Å². The molecule has 0 amide bonds. The van der Waals surface area contributed by atoms with Gasteiger partial charge in [-0.3, -0.25) is 0 Å². The molecule has 0 spiro atoms. The van der Waals surface area contributed by atoms with Gasteiger partial charge in [0.05, 0.1) is 5.60 Å². The quantitative estimate of drug-likeness (QED) is 0.817. The van der Waals surface area contributed by atoms with Crippen LogP contribution in [0.4, 0.5) is 0 Å². The lowest BCUT2D eigenvalue weighted by atomic mass is 9.73. The van der Waals surface area contributed by atoms with Crippen LogP contribution < -0.4 is 0 Å². The van der Waals surface area contributed by atoms with E-state index in [1.54, 1.807) is 0 Å². The van der Waals surface area contributed by atoms with E-state index in [-0.39, 0.29) is 5.92 Å². The van der Waals surface area contributed by atoms with Gasteiger partial charge in [-0.2, -0.15) is 0 Å². The average Bonchev–Trinajstić information content (AvgIpc) is 2.15. The Bertz CT molecular complexity index is 361. The summed E-state index contributed by atoms with van der Waals surface area (Å²) in [6.45, 7) is 6.10. The van der Waals surface area contributed by atoms with E-state index in [1.807, 2.05) is 13.0 Å².